The number of anilines is 1. The third-order valence-corrected chi connectivity index (χ3v) is 5.35. The van der Waals surface area contributed by atoms with E-state index >= 15 is 0 Å². The molecule has 0 saturated carbocycles. The molecule has 27 heavy (non-hydrogen) atoms. The van der Waals surface area contributed by atoms with Crippen LogP contribution < -0.4 is 16.1 Å². The summed E-state index contributed by atoms with van der Waals surface area (Å²) < 4.78 is 0. The van der Waals surface area contributed by atoms with Gasteiger partial charge in [-0.3, -0.25) is 10.4 Å². The summed E-state index contributed by atoms with van der Waals surface area (Å²) in [6.45, 7) is 3.66. The van der Waals surface area contributed by atoms with Crippen molar-refractivity contribution in [1.29, 1.82) is 0 Å². The second-order valence-corrected chi connectivity index (χ2v) is 7.20. The molecule has 140 valence electrons. The van der Waals surface area contributed by atoms with Gasteiger partial charge >= 0.3 is 0 Å². The van der Waals surface area contributed by atoms with Gasteiger partial charge in [0.15, 0.2) is 10.9 Å². The van der Waals surface area contributed by atoms with Crippen LogP contribution in [-0.4, -0.2) is 45.5 Å². The molecule has 1 aromatic carbocycles. The van der Waals surface area contributed by atoms with Crippen molar-refractivity contribution < 1.29 is 0 Å². The summed E-state index contributed by atoms with van der Waals surface area (Å²) in [4.78, 5) is 13.3. The fourth-order valence-electron chi connectivity index (χ4n) is 3.48. The number of likely N-dealkylation sites (tertiary alicyclic amines) is 1. The lowest BCUT2D eigenvalue weighted by Crippen LogP contribution is -2.36. The minimum atomic E-state index is 0.281. The number of nitrogens with two attached hydrogens (primary N) is 1. The largest absolute Gasteiger partial charge is 0.380 e. The van der Waals surface area contributed by atoms with Crippen molar-refractivity contribution in [2.75, 3.05) is 24.5 Å². The van der Waals surface area contributed by atoms with E-state index < -0.39 is 0 Å². The quantitative estimate of drug-likeness (QED) is 0.362. The van der Waals surface area contributed by atoms with Crippen molar-refractivity contribution in [1.82, 2.24) is 20.3 Å². The fraction of sp³-hybridized carbons (Fsp3) is 0.368. The monoisotopic (exact) mass is 381 g/mol. The Labute approximate surface area is 164 Å². The second kappa shape index (κ2) is 7.87. The Hall–Kier alpha value is -2.74. The molecule has 0 bridgehead atoms. The zero-order valence-electron chi connectivity index (χ0n) is 15.1. The zero-order chi connectivity index (χ0) is 18.6. The molecule has 0 atom stereocenters. The van der Waals surface area contributed by atoms with Crippen molar-refractivity contribution in [2.24, 2.45) is 10.8 Å². The van der Waals surface area contributed by atoms with E-state index in [2.05, 4.69) is 54.6 Å². The van der Waals surface area contributed by atoms with E-state index in [1.54, 1.807) is 12.4 Å². The third-order valence-electron chi connectivity index (χ3n) is 5.00. The Morgan fingerprint density at radius 1 is 1.11 bits per heavy atom. The maximum absolute atomic E-state index is 6.11. The first-order valence-electron chi connectivity index (χ1n) is 9.23. The predicted octanol–water partition coefficient (Wildman–Crippen LogP) is 1.63. The van der Waals surface area contributed by atoms with Gasteiger partial charge in [0.05, 0.1) is 12.4 Å². The highest BCUT2D eigenvalue weighted by atomic mass is 32.1. The van der Waals surface area contributed by atoms with E-state index in [0.717, 1.165) is 51.3 Å². The van der Waals surface area contributed by atoms with Gasteiger partial charge < -0.3 is 15.5 Å². The van der Waals surface area contributed by atoms with E-state index in [1.165, 1.54) is 11.1 Å². The van der Waals surface area contributed by atoms with Gasteiger partial charge in [-0.2, -0.15) is 5.10 Å². The Morgan fingerprint density at radius 3 is 2.70 bits per heavy atom. The standard InChI is InChI=1S/C19H23N7S/c20-18(23-24-19(27)25-8-3-4-9-25)16-11-21-12-17(22-16)26-10-7-14-5-1-2-6-15(14)13-26/h1-2,5-6,11-12H,3-4,7-10,13H2,(H2,20,23)(H,24,27). The van der Waals surface area contributed by atoms with E-state index in [-0.39, 0.29) is 5.84 Å². The number of amidine groups is 1. The van der Waals surface area contributed by atoms with Crippen LogP contribution in [0.4, 0.5) is 5.82 Å². The number of rotatable bonds is 3. The molecule has 1 saturated heterocycles. The number of thiocarbonyl (C=S) groups is 1. The average molecular weight is 382 g/mol. The lowest BCUT2D eigenvalue weighted by molar-refractivity contribution is 0.509. The van der Waals surface area contributed by atoms with Crippen molar-refractivity contribution in [3.63, 3.8) is 0 Å². The molecule has 0 radical (unpaired) electrons. The fourth-order valence-corrected chi connectivity index (χ4v) is 3.71. The summed E-state index contributed by atoms with van der Waals surface area (Å²) >= 11 is 5.36. The van der Waals surface area contributed by atoms with E-state index in [0.29, 0.717) is 10.8 Å². The van der Waals surface area contributed by atoms with Crippen LogP contribution in [-0.2, 0) is 13.0 Å². The molecule has 3 N–H and O–H groups in total. The molecule has 2 aromatic rings. The smallest absolute Gasteiger partial charge is 0.189 e. The van der Waals surface area contributed by atoms with Crippen molar-refractivity contribution in [3.05, 3.63) is 53.5 Å². The molecular weight excluding hydrogens is 358 g/mol. The Bertz CT molecular complexity index is 861. The first-order chi connectivity index (χ1) is 13.2. The van der Waals surface area contributed by atoms with Crippen LogP contribution in [0.1, 0.15) is 29.7 Å². The maximum Gasteiger partial charge on any atom is 0.189 e. The number of benzene rings is 1. The van der Waals surface area contributed by atoms with Gasteiger partial charge in [0, 0.05) is 26.2 Å². The minimum Gasteiger partial charge on any atom is -0.380 e. The van der Waals surface area contributed by atoms with Crippen LogP contribution in [0.3, 0.4) is 0 Å². The summed E-state index contributed by atoms with van der Waals surface area (Å²) in [6.07, 6.45) is 6.71. The van der Waals surface area contributed by atoms with Gasteiger partial charge in [-0.25, -0.2) is 4.98 Å². The molecule has 8 heteroatoms. The molecule has 3 heterocycles. The van der Waals surface area contributed by atoms with E-state index in [9.17, 15) is 0 Å². The van der Waals surface area contributed by atoms with E-state index in [4.69, 9.17) is 18.0 Å². The molecule has 1 fully saturated rings. The maximum atomic E-state index is 6.11. The highest BCUT2D eigenvalue weighted by Gasteiger charge is 2.18. The van der Waals surface area contributed by atoms with Gasteiger partial charge in [0.1, 0.15) is 11.5 Å². The van der Waals surface area contributed by atoms with Gasteiger partial charge in [0.2, 0.25) is 0 Å². The highest BCUT2D eigenvalue weighted by Crippen LogP contribution is 2.22. The van der Waals surface area contributed by atoms with Crippen LogP contribution >= 0.6 is 12.2 Å². The average Bonchev–Trinajstić information content (AvgIpc) is 3.26. The number of hydrogen-bond acceptors (Lipinski definition) is 5. The first kappa shape index (κ1) is 17.7. The van der Waals surface area contributed by atoms with E-state index in [1.807, 2.05) is 0 Å². The molecule has 7 nitrogen and oxygen atoms in total. The predicted molar refractivity (Wildman–Crippen MR) is 110 cm³/mol. The summed E-state index contributed by atoms with van der Waals surface area (Å²) in [5, 5.41) is 4.81. The molecular formula is C19H23N7S. The second-order valence-electron chi connectivity index (χ2n) is 6.81. The Balaban J connectivity index is 1.46. The summed E-state index contributed by atoms with van der Waals surface area (Å²) in [5.41, 5.74) is 12.3. The van der Waals surface area contributed by atoms with Gasteiger partial charge in [-0.1, -0.05) is 24.3 Å². The Kier molecular flexibility index (Phi) is 5.15. The lowest BCUT2D eigenvalue weighted by Gasteiger charge is -2.29. The van der Waals surface area contributed by atoms with Gasteiger partial charge in [0.25, 0.3) is 0 Å². The van der Waals surface area contributed by atoms with Crippen LogP contribution in [0.25, 0.3) is 0 Å². The minimum absolute atomic E-state index is 0.281. The molecule has 0 spiro atoms. The molecule has 1 aromatic heterocycles. The van der Waals surface area contributed by atoms with Crippen LogP contribution in [0.2, 0.25) is 0 Å². The van der Waals surface area contributed by atoms with Crippen LogP contribution in [0.15, 0.2) is 41.8 Å². The number of nitrogens with zero attached hydrogens (tertiary/aromatic N) is 5. The third kappa shape index (κ3) is 4.00. The Morgan fingerprint density at radius 2 is 1.89 bits per heavy atom. The van der Waals surface area contributed by atoms with Crippen molar-refractivity contribution >= 4 is 29.0 Å². The molecule has 0 aliphatic carbocycles. The number of nitrogens with one attached hydrogen (secondary N) is 1. The SMILES string of the molecule is N/C(=N/NC(=S)N1CCCC1)c1cncc(N2CCc3ccccc3C2)n1. The zero-order valence-corrected chi connectivity index (χ0v) is 16.0. The molecule has 2 aliphatic rings. The van der Waals surface area contributed by atoms with Crippen LogP contribution in [0, 0.1) is 0 Å². The van der Waals surface area contributed by atoms with Gasteiger partial charge in [-0.15, -0.1) is 0 Å². The number of aromatic nitrogens is 2. The molecule has 0 amide bonds. The van der Waals surface area contributed by atoms with Crippen molar-refractivity contribution in [3.8, 4) is 0 Å². The number of hydrogen-bond donors (Lipinski definition) is 2. The summed E-state index contributed by atoms with van der Waals surface area (Å²) in [6, 6.07) is 8.52. The summed E-state index contributed by atoms with van der Waals surface area (Å²) in [5.74, 6) is 1.09. The number of hydrazone groups is 1. The molecule has 4 rings (SSSR count). The summed E-state index contributed by atoms with van der Waals surface area (Å²) in [7, 11) is 0. The molecule has 0 unspecified atom stereocenters. The lowest BCUT2D eigenvalue weighted by atomic mass is 10.00. The highest BCUT2D eigenvalue weighted by molar-refractivity contribution is 7.80. The van der Waals surface area contributed by atoms with Crippen molar-refractivity contribution in [2.45, 2.75) is 25.8 Å². The van der Waals surface area contributed by atoms with Crippen LogP contribution in [0.5, 0.6) is 0 Å². The normalized spacial score (nSPS) is 17.0. The van der Waals surface area contributed by atoms with Gasteiger partial charge in [-0.05, 0) is 42.6 Å². The first-order valence-corrected chi connectivity index (χ1v) is 9.64. The topological polar surface area (TPSA) is 82.7 Å². The molecule has 2 aliphatic heterocycles. The number of fused-ring (bicyclic) bond motifs is 1.